The van der Waals surface area contributed by atoms with E-state index in [2.05, 4.69) is 34.6 Å². The van der Waals surface area contributed by atoms with E-state index in [4.69, 9.17) is 9.31 Å². The molecule has 1 aromatic rings. The summed E-state index contributed by atoms with van der Waals surface area (Å²) < 4.78 is 12.2. The Morgan fingerprint density at radius 3 is 2.06 bits per heavy atom. The minimum Gasteiger partial charge on any atom is -0.508 e. The smallest absolute Gasteiger partial charge is 0.494 e. The maximum atomic E-state index is 9.31. The lowest BCUT2D eigenvalue weighted by Crippen LogP contribution is -2.48. The first-order chi connectivity index (χ1) is 8.26. The summed E-state index contributed by atoms with van der Waals surface area (Å²) in [7, 11) is -0.368. The molecule has 1 saturated heterocycles. The van der Waals surface area contributed by atoms with Crippen LogP contribution < -0.4 is 5.46 Å². The highest BCUT2D eigenvalue weighted by Gasteiger charge is 2.55. The van der Waals surface area contributed by atoms with Crippen LogP contribution in [0.5, 0.6) is 5.75 Å². The van der Waals surface area contributed by atoms with Crippen molar-refractivity contribution in [1.29, 1.82) is 0 Å². The van der Waals surface area contributed by atoms with Crippen LogP contribution in [0.15, 0.2) is 24.3 Å². The summed E-state index contributed by atoms with van der Waals surface area (Å²) in [6, 6.07) is 6.98. The average Bonchev–Trinajstić information content (AvgIpc) is 2.52. The van der Waals surface area contributed by atoms with E-state index < -0.39 is 0 Å². The van der Waals surface area contributed by atoms with Crippen LogP contribution in [0.2, 0.25) is 0 Å². The molecule has 18 heavy (non-hydrogen) atoms. The molecule has 0 saturated carbocycles. The Morgan fingerprint density at radius 1 is 1.06 bits per heavy atom. The fourth-order valence-corrected chi connectivity index (χ4v) is 2.37. The first kappa shape index (κ1) is 13.4. The average molecular weight is 248 g/mol. The van der Waals surface area contributed by atoms with Crippen molar-refractivity contribution in [3.8, 4) is 5.75 Å². The lowest BCUT2D eigenvalue weighted by atomic mass is 9.78. The van der Waals surface area contributed by atoms with Gasteiger partial charge in [0.15, 0.2) is 0 Å². The Hall–Kier alpha value is -0.995. The molecule has 0 amide bonds. The molecule has 1 unspecified atom stereocenters. The fraction of sp³-hybridized carbons (Fsp3) is 0.571. The van der Waals surface area contributed by atoms with Crippen molar-refractivity contribution in [1.82, 2.24) is 0 Å². The van der Waals surface area contributed by atoms with E-state index in [9.17, 15) is 5.11 Å². The van der Waals surface area contributed by atoms with Crippen molar-refractivity contribution in [2.75, 3.05) is 0 Å². The van der Waals surface area contributed by atoms with E-state index in [0.29, 0.717) is 5.92 Å². The Kier molecular flexibility index (Phi) is 3.20. The molecule has 1 aliphatic heterocycles. The summed E-state index contributed by atoms with van der Waals surface area (Å²) in [4.78, 5) is 0. The maximum absolute atomic E-state index is 9.31. The molecule has 0 spiro atoms. The number of phenols is 1. The van der Waals surface area contributed by atoms with Gasteiger partial charge in [0.1, 0.15) is 5.75 Å². The Morgan fingerprint density at radius 2 is 1.61 bits per heavy atom. The van der Waals surface area contributed by atoms with Crippen LogP contribution in [-0.4, -0.2) is 23.4 Å². The molecule has 0 aliphatic carbocycles. The molecular formula is C14H21BO3. The van der Waals surface area contributed by atoms with Gasteiger partial charge in [-0.2, -0.15) is 0 Å². The van der Waals surface area contributed by atoms with Gasteiger partial charge in [-0.3, -0.25) is 0 Å². The number of hydrogen-bond donors (Lipinski definition) is 1. The number of benzene rings is 1. The third-order valence-electron chi connectivity index (χ3n) is 4.22. The highest BCUT2D eigenvalue weighted by Crippen LogP contribution is 2.42. The molecule has 1 N–H and O–H groups in total. The van der Waals surface area contributed by atoms with Crippen molar-refractivity contribution in [2.45, 2.75) is 45.8 Å². The monoisotopic (exact) mass is 248 g/mol. The first-order valence-corrected chi connectivity index (χ1v) is 6.41. The quantitative estimate of drug-likeness (QED) is 0.816. The Balaban J connectivity index is 2.28. The van der Waals surface area contributed by atoms with E-state index in [1.807, 2.05) is 12.1 Å². The predicted molar refractivity (Wildman–Crippen MR) is 73.0 cm³/mol. The zero-order valence-corrected chi connectivity index (χ0v) is 11.7. The van der Waals surface area contributed by atoms with Crippen LogP contribution in [0.1, 0.15) is 34.6 Å². The van der Waals surface area contributed by atoms with Gasteiger partial charge in [-0.1, -0.05) is 26.0 Å². The van der Waals surface area contributed by atoms with Gasteiger partial charge in [0.25, 0.3) is 0 Å². The van der Waals surface area contributed by atoms with Gasteiger partial charge in [-0.25, -0.2) is 0 Å². The van der Waals surface area contributed by atoms with Gasteiger partial charge in [0, 0.05) is 0 Å². The molecule has 1 fully saturated rings. The zero-order valence-electron chi connectivity index (χ0n) is 11.7. The number of phenolic OH excluding ortho intramolecular Hbond substituents is 1. The van der Waals surface area contributed by atoms with Gasteiger partial charge in [-0.15, -0.1) is 0 Å². The summed E-state index contributed by atoms with van der Waals surface area (Å²) >= 11 is 0. The molecule has 1 heterocycles. The lowest BCUT2D eigenvalue weighted by Gasteiger charge is -2.39. The highest BCUT2D eigenvalue weighted by atomic mass is 16.7. The summed E-state index contributed by atoms with van der Waals surface area (Å²) in [6.45, 7) is 10.5. The fourth-order valence-electron chi connectivity index (χ4n) is 2.37. The Bertz CT molecular complexity index is 427. The van der Waals surface area contributed by atoms with Crippen LogP contribution in [0.3, 0.4) is 0 Å². The van der Waals surface area contributed by atoms with E-state index in [0.717, 1.165) is 5.46 Å². The van der Waals surface area contributed by atoms with E-state index >= 15 is 0 Å². The van der Waals surface area contributed by atoms with Gasteiger partial charge in [0.05, 0.1) is 11.2 Å². The summed E-state index contributed by atoms with van der Waals surface area (Å²) in [6.07, 6.45) is 0. The van der Waals surface area contributed by atoms with Crippen LogP contribution in [-0.2, 0) is 9.31 Å². The summed E-state index contributed by atoms with van der Waals surface area (Å²) in [5.41, 5.74) is 0.268. The molecule has 3 nitrogen and oxygen atoms in total. The minimum absolute atomic E-state index is 0.252. The minimum atomic E-state index is -0.368. The van der Waals surface area contributed by atoms with E-state index in [1.165, 1.54) is 0 Å². The zero-order chi connectivity index (χ0) is 13.6. The summed E-state index contributed by atoms with van der Waals surface area (Å²) in [5, 5.41) is 9.31. The third kappa shape index (κ3) is 2.04. The number of rotatable bonds is 2. The van der Waals surface area contributed by atoms with Crippen LogP contribution in [0.4, 0.5) is 0 Å². The summed E-state index contributed by atoms with van der Waals surface area (Å²) in [5.74, 6) is 0.609. The second kappa shape index (κ2) is 4.28. The van der Waals surface area contributed by atoms with Crippen molar-refractivity contribution in [3.63, 3.8) is 0 Å². The number of hydrogen-bond acceptors (Lipinski definition) is 3. The molecule has 2 rings (SSSR count). The topological polar surface area (TPSA) is 38.7 Å². The SMILES string of the molecule is CC(C)C1(C)OB(c2ccc(O)cc2)OC1(C)C. The Labute approximate surface area is 109 Å². The van der Waals surface area contributed by atoms with Gasteiger partial charge in [-0.05, 0) is 44.3 Å². The third-order valence-corrected chi connectivity index (χ3v) is 4.22. The van der Waals surface area contributed by atoms with Gasteiger partial charge >= 0.3 is 7.12 Å². The molecular weight excluding hydrogens is 227 g/mol. The number of aromatic hydroxyl groups is 1. The molecule has 4 heteroatoms. The van der Waals surface area contributed by atoms with Crippen LogP contribution in [0, 0.1) is 5.92 Å². The molecule has 1 aliphatic rings. The second-order valence-corrected chi connectivity index (χ2v) is 5.93. The van der Waals surface area contributed by atoms with Crippen molar-refractivity contribution >= 4 is 12.6 Å². The van der Waals surface area contributed by atoms with Crippen molar-refractivity contribution < 1.29 is 14.4 Å². The molecule has 0 radical (unpaired) electrons. The van der Waals surface area contributed by atoms with Crippen LogP contribution in [0.25, 0.3) is 0 Å². The predicted octanol–water partition coefficient (Wildman–Crippen LogP) is 2.33. The van der Waals surface area contributed by atoms with E-state index in [-0.39, 0.29) is 24.1 Å². The maximum Gasteiger partial charge on any atom is 0.494 e. The molecule has 1 atom stereocenters. The van der Waals surface area contributed by atoms with Gasteiger partial charge in [0.2, 0.25) is 0 Å². The first-order valence-electron chi connectivity index (χ1n) is 6.41. The normalized spacial score (nSPS) is 26.9. The lowest BCUT2D eigenvalue weighted by molar-refractivity contribution is -0.0435. The standard InChI is InChI=1S/C14H21BO3/c1-10(2)14(5)13(3,4)17-15(18-14)11-6-8-12(16)9-7-11/h6-10,16H,1-5H3. The second-order valence-electron chi connectivity index (χ2n) is 5.93. The highest BCUT2D eigenvalue weighted by molar-refractivity contribution is 6.62. The molecule has 98 valence electrons. The van der Waals surface area contributed by atoms with Crippen molar-refractivity contribution in [3.05, 3.63) is 24.3 Å². The molecule has 0 bridgehead atoms. The van der Waals surface area contributed by atoms with Crippen LogP contribution >= 0.6 is 0 Å². The van der Waals surface area contributed by atoms with E-state index in [1.54, 1.807) is 12.1 Å². The van der Waals surface area contributed by atoms with Gasteiger partial charge < -0.3 is 14.4 Å². The molecule has 0 aromatic heterocycles. The molecule has 1 aromatic carbocycles. The van der Waals surface area contributed by atoms with Crippen molar-refractivity contribution in [2.24, 2.45) is 5.92 Å². The largest absolute Gasteiger partial charge is 0.508 e.